The van der Waals surface area contributed by atoms with Crippen LogP contribution in [0, 0.1) is 0 Å². The first kappa shape index (κ1) is 17.8. The minimum Gasteiger partial charge on any atom is -0.479 e. The monoisotopic (exact) mass is 393 g/mol. The van der Waals surface area contributed by atoms with Gasteiger partial charge in [-0.3, -0.25) is 10.5 Å². The summed E-state index contributed by atoms with van der Waals surface area (Å²) in [6, 6.07) is 9.15. The number of hydrogen-bond donors (Lipinski definition) is 2. The lowest BCUT2D eigenvalue weighted by atomic mass is 9.86. The number of carbonyl (C=O) groups excluding carboxylic acids is 1. The quantitative estimate of drug-likeness (QED) is 0.399. The Hall–Kier alpha value is -3.23. The number of rotatable bonds is 3. The summed E-state index contributed by atoms with van der Waals surface area (Å²) in [5.41, 5.74) is 6.87. The first-order chi connectivity index (χ1) is 14.0. The summed E-state index contributed by atoms with van der Waals surface area (Å²) < 4.78 is 12.0. The molecule has 0 fully saturated rings. The van der Waals surface area contributed by atoms with E-state index in [1.54, 1.807) is 23.6 Å². The molecule has 0 radical (unpaired) electrons. The van der Waals surface area contributed by atoms with Crippen molar-refractivity contribution >= 4 is 16.9 Å². The molecule has 3 aromatic rings. The summed E-state index contributed by atoms with van der Waals surface area (Å²) in [7, 11) is 0. The van der Waals surface area contributed by atoms with Crippen molar-refractivity contribution in [1.82, 2.24) is 9.55 Å². The van der Waals surface area contributed by atoms with Gasteiger partial charge in [-0.2, -0.15) is 0 Å². The van der Waals surface area contributed by atoms with Crippen molar-refractivity contribution < 1.29 is 19.4 Å². The average Bonchev–Trinajstić information content (AvgIpc) is 3.07. The number of fused-ring (bicyclic) bond motifs is 5. The highest BCUT2D eigenvalue weighted by atomic mass is 16.6. The molecule has 2 aliphatic heterocycles. The molecule has 0 bridgehead atoms. The van der Waals surface area contributed by atoms with Crippen LogP contribution in [0.15, 0.2) is 35.1 Å². The van der Waals surface area contributed by atoms with Crippen LogP contribution >= 0.6 is 0 Å². The van der Waals surface area contributed by atoms with Gasteiger partial charge in [-0.1, -0.05) is 6.92 Å². The molecule has 5 rings (SSSR count). The van der Waals surface area contributed by atoms with Gasteiger partial charge in [0.15, 0.2) is 5.60 Å². The van der Waals surface area contributed by atoms with Crippen LogP contribution in [0.1, 0.15) is 30.0 Å². The van der Waals surface area contributed by atoms with Gasteiger partial charge in [0.1, 0.15) is 19.1 Å². The zero-order valence-electron chi connectivity index (χ0n) is 15.8. The highest BCUT2D eigenvalue weighted by molar-refractivity contribution is 5.87. The molecule has 29 heavy (non-hydrogen) atoms. The molecule has 2 aliphatic rings. The Labute approximate surface area is 165 Å². The number of hydrogen-bond acceptors (Lipinski definition) is 7. The van der Waals surface area contributed by atoms with Gasteiger partial charge in [0.05, 0.1) is 29.0 Å². The lowest BCUT2D eigenvalue weighted by molar-refractivity contribution is -0.172. The second kappa shape index (κ2) is 6.13. The molecule has 1 atom stereocenters. The largest absolute Gasteiger partial charge is 0.479 e. The predicted molar refractivity (Wildman–Crippen MR) is 104 cm³/mol. The number of nitrogens with two attached hydrogens (primary N) is 1. The Balaban J connectivity index is 1.72. The molecule has 1 aromatic carbocycles. The minimum atomic E-state index is -1.82. The van der Waals surface area contributed by atoms with Crippen LogP contribution in [-0.2, 0) is 28.3 Å². The van der Waals surface area contributed by atoms with Crippen molar-refractivity contribution in [2.75, 3.05) is 6.73 Å². The first-order valence-corrected chi connectivity index (χ1v) is 9.40. The number of aromatic nitrogens is 2. The number of benzene rings is 1. The Morgan fingerprint density at radius 2 is 2.14 bits per heavy atom. The second-order valence-corrected chi connectivity index (χ2v) is 7.26. The maximum Gasteiger partial charge on any atom is 0.343 e. The Kier molecular flexibility index (Phi) is 3.77. The summed E-state index contributed by atoms with van der Waals surface area (Å²) >= 11 is 0. The summed E-state index contributed by atoms with van der Waals surface area (Å²) in [4.78, 5) is 30.1. The molecule has 2 aromatic heterocycles. The third-order valence-electron chi connectivity index (χ3n) is 5.73. The van der Waals surface area contributed by atoms with E-state index in [2.05, 4.69) is 0 Å². The van der Waals surface area contributed by atoms with Gasteiger partial charge in [0.2, 0.25) is 0 Å². The van der Waals surface area contributed by atoms with E-state index < -0.39 is 11.6 Å². The average molecular weight is 393 g/mol. The van der Waals surface area contributed by atoms with E-state index in [4.69, 9.17) is 20.2 Å². The van der Waals surface area contributed by atoms with Gasteiger partial charge in [0, 0.05) is 16.5 Å². The molecule has 4 heterocycles. The molecule has 0 spiro atoms. The molecule has 0 saturated carbocycles. The van der Waals surface area contributed by atoms with E-state index in [1.165, 1.54) is 0 Å². The fraction of sp³-hybridized carbons (Fsp3) is 0.286. The number of carbonyl (C=O) groups is 1. The third kappa shape index (κ3) is 2.43. The van der Waals surface area contributed by atoms with Gasteiger partial charge in [-0.05, 0) is 36.8 Å². The number of cyclic esters (lactones) is 1. The number of pyridine rings is 2. The Bertz CT molecular complexity index is 1250. The summed E-state index contributed by atoms with van der Waals surface area (Å²) in [5, 5.41) is 11.8. The van der Waals surface area contributed by atoms with Crippen molar-refractivity contribution in [3.8, 4) is 17.1 Å². The molecule has 8 heteroatoms. The Morgan fingerprint density at radius 1 is 1.31 bits per heavy atom. The highest BCUT2D eigenvalue weighted by Crippen LogP contribution is 2.38. The fourth-order valence-electron chi connectivity index (χ4n) is 4.15. The predicted octanol–water partition coefficient (Wildman–Crippen LogP) is 1.37. The van der Waals surface area contributed by atoms with Crippen LogP contribution in [0.5, 0.6) is 5.75 Å². The zero-order valence-corrected chi connectivity index (χ0v) is 15.8. The van der Waals surface area contributed by atoms with Crippen molar-refractivity contribution in [3.05, 3.63) is 57.4 Å². The smallest absolute Gasteiger partial charge is 0.343 e. The maximum atomic E-state index is 13.1. The van der Waals surface area contributed by atoms with Gasteiger partial charge < -0.3 is 19.1 Å². The van der Waals surface area contributed by atoms with Crippen LogP contribution in [0.3, 0.4) is 0 Å². The molecule has 8 nitrogen and oxygen atoms in total. The zero-order chi connectivity index (χ0) is 20.3. The molecular formula is C21H19N3O5. The molecule has 0 unspecified atom stereocenters. The Morgan fingerprint density at radius 3 is 2.90 bits per heavy atom. The van der Waals surface area contributed by atoms with E-state index in [1.807, 2.05) is 18.2 Å². The van der Waals surface area contributed by atoms with Crippen molar-refractivity contribution in [1.29, 1.82) is 0 Å². The SMILES string of the molecule is CC[C@@]1(O)C(=O)OCc2c1cc1n(c2=O)Cc2cc3cc(OCN)ccc3nc2-1. The van der Waals surface area contributed by atoms with E-state index in [-0.39, 0.29) is 25.3 Å². The second-order valence-electron chi connectivity index (χ2n) is 7.26. The van der Waals surface area contributed by atoms with Gasteiger partial charge in [-0.15, -0.1) is 0 Å². The van der Waals surface area contributed by atoms with E-state index >= 15 is 0 Å². The lowest BCUT2D eigenvalue weighted by Gasteiger charge is -2.31. The highest BCUT2D eigenvalue weighted by Gasteiger charge is 2.45. The molecule has 0 aliphatic carbocycles. The van der Waals surface area contributed by atoms with Gasteiger partial charge in [-0.25, -0.2) is 9.78 Å². The summed E-state index contributed by atoms with van der Waals surface area (Å²) in [5.74, 6) is -0.0810. The van der Waals surface area contributed by atoms with Crippen LogP contribution in [0.2, 0.25) is 0 Å². The molecule has 3 N–H and O–H groups in total. The minimum absolute atomic E-state index is 0.0807. The molecular weight excluding hydrogens is 374 g/mol. The summed E-state index contributed by atoms with van der Waals surface area (Å²) in [6.07, 6.45) is 0.115. The molecule has 148 valence electrons. The third-order valence-corrected chi connectivity index (χ3v) is 5.73. The first-order valence-electron chi connectivity index (χ1n) is 9.40. The maximum absolute atomic E-state index is 13.1. The fourth-order valence-corrected chi connectivity index (χ4v) is 4.15. The number of esters is 1. The molecule has 0 saturated heterocycles. The van der Waals surface area contributed by atoms with Crippen LogP contribution < -0.4 is 16.0 Å². The van der Waals surface area contributed by atoms with Crippen molar-refractivity contribution in [2.24, 2.45) is 5.73 Å². The number of aliphatic hydroxyl groups is 1. The lowest BCUT2D eigenvalue weighted by Crippen LogP contribution is -2.44. The standard InChI is InChI=1S/C21H19N3O5/c1-2-21(27)15-7-17-18-12(8-24(17)19(25)14(15)9-28-20(21)26)5-11-6-13(29-10-22)3-4-16(11)23-18/h3-7,27H,2,8-10,22H2,1H3/t21-/m0/s1. The number of ether oxygens (including phenoxy) is 2. The van der Waals surface area contributed by atoms with Gasteiger partial charge >= 0.3 is 5.97 Å². The van der Waals surface area contributed by atoms with E-state index in [0.717, 1.165) is 16.5 Å². The molecule has 0 amide bonds. The van der Waals surface area contributed by atoms with Crippen LogP contribution in [0.4, 0.5) is 0 Å². The van der Waals surface area contributed by atoms with Crippen LogP contribution in [-0.4, -0.2) is 27.4 Å². The normalized spacial score (nSPS) is 19.5. The van der Waals surface area contributed by atoms with Crippen LogP contribution in [0.25, 0.3) is 22.3 Å². The van der Waals surface area contributed by atoms with E-state index in [9.17, 15) is 14.7 Å². The van der Waals surface area contributed by atoms with Gasteiger partial charge in [0.25, 0.3) is 5.56 Å². The van der Waals surface area contributed by atoms with Crippen molar-refractivity contribution in [3.63, 3.8) is 0 Å². The number of nitrogens with zero attached hydrogens (tertiary/aromatic N) is 2. The van der Waals surface area contributed by atoms with Crippen molar-refractivity contribution in [2.45, 2.75) is 32.1 Å². The topological polar surface area (TPSA) is 117 Å². The van der Waals surface area contributed by atoms with E-state index in [0.29, 0.717) is 34.8 Å². The summed E-state index contributed by atoms with van der Waals surface area (Å²) in [6.45, 7) is 1.99.